The van der Waals surface area contributed by atoms with Crippen LogP contribution in [0.15, 0.2) is 48.7 Å². The molecule has 0 aliphatic carbocycles. The third kappa shape index (κ3) is 7.11. The molecule has 7 heteroatoms. The third-order valence-electron chi connectivity index (χ3n) is 5.24. The molecule has 0 saturated heterocycles. The lowest BCUT2D eigenvalue weighted by Gasteiger charge is -2.27. The number of nitrogens with one attached hydrogen (secondary N) is 1. The maximum Gasteiger partial charge on any atom is 0.432 e. The number of hydrogen-bond acceptors (Lipinski definition) is 4. The normalized spacial score (nSPS) is 12.7. The van der Waals surface area contributed by atoms with Gasteiger partial charge in [0, 0.05) is 24.1 Å². The summed E-state index contributed by atoms with van der Waals surface area (Å²) in [5.74, 6) is 0. The van der Waals surface area contributed by atoms with Crippen LogP contribution in [0.1, 0.15) is 64.6 Å². The SMILES string of the molecule is CCCCCCN(c1ccc(C(C)(C)C)cc1)c1ccnc(/C(N)=C/C(=N)C(F)(F)F)c1. The Morgan fingerprint density at radius 3 is 2.25 bits per heavy atom. The highest BCUT2D eigenvalue weighted by molar-refractivity contribution is 6.01. The lowest BCUT2D eigenvalue weighted by molar-refractivity contribution is -0.0583. The average Bonchev–Trinajstić information content (AvgIpc) is 2.72. The highest BCUT2D eigenvalue weighted by Gasteiger charge is 2.33. The van der Waals surface area contributed by atoms with E-state index < -0.39 is 11.9 Å². The van der Waals surface area contributed by atoms with E-state index in [1.807, 2.05) is 6.07 Å². The van der Waals surface area contributed by atoms with E-state index in [-0.39, 0.29) is 16.8 Å². The van der Waals surface area contributed by atoms with Crippen LogP contribution >= 0.6 is 0 Å². The van der Waals surface area contributed by atoms with Gasteiger partial charge in [0.1, 0.15) is 5.71 Å². The number of pyridine rings is 1. The highest BCUT2D eigenvalue weighted by atomic mass is 19.4. The maximum atomic E-state index is 12.7. The Morgan fingerprint density at radius 1 is 1.03 bits per heavy atom. The van der Waals surface area contributed by atoms with Crippen molar-refractivity contribution in [2.75, 3.05) is 11.4 Å². The van der Waals surface area contributed by atoms with Crippen LogP contribution in [0.25, 0.3) is 5.70 Å². The van der Waals surface area contributed by atoms with Crippen molar-refractivity contribution in [1.29, 1.82) is 5.41 Å². The van der Waals surface area contributed by atoms with Gasteiger partial charge in [-0.15, -0.1) is 0 Å². The summed E-state index contributed by atoms with van der Waals surface area (Å²) >= 11 is 0. The fourth-order valence-electron chi connectivity index (χ4n) is 3.30. The number of benzene rings is 1. The first-order valence-electron chi connectivity index (χ1n) is 10.9. The Bertz CT molecular complexity index is 925. The van der Waals surface area contributed by atoms with Gasteiger partial charge in [-0.3, -0.25) is 10.4 Å². The van der Waals surface area contributed by atoms with Crippen LogP contribution in [-0.2, 0) is 5.41 Å². The van der Waals surface area contributed by atoms with Crippen molar-refractivity contribution < 1.29 is 13.2 Å². The summed E-state index contributed by atoms with van der Waals surface area (Å²) in [5.41, 5.74) is 7.42. The lowest BCUT2D eigenvalue weighted by Crippen LogP contribution is -2.21. The Hall–Kier alpha value is -2.83. The first-order valence-corrected chi connectivity index (χ1v) is 10.9. The molecule has 1 aromatic carbocycles. The van der Waals surface area contributed by atoms with Crippen molar-refractivity contribution in [3.8, 4) is 0 Å². The van der Waals surface area contributed by atoms with Crippen molar-refractivity contribution in [3.63, 3.8) is 0 Å². The molecule has 0 unspecified atom stereocenters. The number of hydrogen-bond donors (Lipinski definition) is 2. The van der Waals surface area contributed by atoms with Crippen LogP contribution in [0, 0.1) is 5.41 Å². The summed E-state index contributed by atoms with van der Waals surface area (Å²) in [6.07, 6.45) is 1.75. The van der Waals surface area contributed by atoms with Crippen LogP contribution in [0.2, 0.25) is 0 Å². The van der Waals surface area contributed by atoms with E-state index in [9.17, 15) is 13.2 Å². The Balaban J connectivity index is 2.38. The number of alkyl halides is 3. The molecular formula is C25H33F3N4. The van der Waals surface area contributed by atoms with Crippen LogP contribution in [-0.4, -0.2) is 23.4 Å². The molecule has 0 aliphatic heterocycles. The van der Waals surface area contributed by atoms with Crippen LogP contribution in [0.5, 0.6) is 0 Å². The summed E-state index contributed by atoms with van der Waals surface area (Å²) < 4.78 is 38.2. The first-order chi connectivity index (χ1) is 14.9. The number of nitrogens with zero attached hydrogens (tertiary/aromatic N) is 2. The molecule has 0 saturated carbocycles. The van der Waals surface area contributed by atoms with Crippen LogP contribution < -0.4 is 10.6 Å². The Labute approximate surface area is 188 Å². The number of rotatable bonds is 9. The molecular weight excluding hydrogens is 413 g/mol. The quantitative estimate of drug-likeness (QED) is 0.323. The monoisotopic (exact) mass is 446 g/mol. The maximum absolute atomic E-state index is 12.7. The first kappa shape index (κ1) is 25.4. The van der Waals surface area contributed by atoms with Crippen molar-refractivity contribution in [3.05, 3.63) is 59.9 Å². The summed E-state index contributed by atoms with van der Waals surface area (Å²) in [7, 11) is 0. The number of anilines is 2. The van der Waals surface area contributed by atoms with Crippen molar-refractivity contribution in [1.82, 2.24) is 4.98 Å². The fourth-order valence-corrected chi connectivity index (χ4v) is 3.30. The number of unbranched alkanes of at least 4 members (excludes halogenated alkanes) is 3. The van der Waals surface area contributed by atoms with E-state index in [0.717, 1.165) is 43.6 Å². The van der Waals surface area contributed by atoms with E-state index in [2.05, 4.69) is 61.8 Å². The van der Waals surface area contributed by atoms with E-state index in [4.69, 9.17) is 11.1 Å². The molecule has 1 aromatic heterocycles. The zero-order valence-corrected chi connectivity index (χ0v) is 19.3. The highest BCUT2D eigenvalue weighted by Crippen LogP contribution is 2.30. The second-order valence-corrected chi connectivity index (χ2v) is 8.92. The summed E-state index contributed by atoms with van der Waals surface area (Å²) in [4.78, 5) is 6.26. The van der Waals surface area contributed by atoms with Gasteiger partial charge >= 0.3 is 6.18 Å². The van der Waals surface area contributed by atoms with E-state index in [0.29, 0.717) is 6.08 Å². The molecule has 0 atom stereocenters. The molecule has 32 heavy (non-hydrogen) atoms. The van der Waals surface area contributed by atoms with Gasteiger partial charge in [0.05, 0.1) is 11.4 Å². The second-order valence-electron chi connectivity index (χ2n) is 8.92. The van der Waals surface area contributed by atoms with Gasteiger partial charge in [0.15, 0.2) is 0 Å². The van der Waals surface area contributed by atoms with E-state index in [1.54, 1.807) is 6.07 Å². The van der Waals surface area contributed by atoms with Gasteiger partial charge in [-0.2, -0.15) is 13.2 Å². The molecule has 0 amide bonds. The second kappa shape index (κ2) is 10.7. The fraction of sp³-hybridized carbons (Fsp3) is 0.440. The van der Waals surface area contributed by atoms with Gasteiger partial charge in [-0.25, -0.2) is 0 Å². The number of aromatic nitrogens is 1. The van der Waals surface area contributed by atoms with E-state index >= 15 is 0 Å². The minimum atomic E-state index is -4.75. The molecule has 0 bridgehead atoms. The summed E-state index contributed by atoms with van der Waals surface area (Å²) in [6.45, 7) is 9.40. The molecule has 2 aromatic rings. The van der Waals surface area contributed by atoms with Gasteiger partial charge in [-0.05, 0) is 47.7 Å². The summed E-state index contributed by atoms with van der Waals surface area (Å²) in [6, 6.07) is 11.8. The average molecular weight is 447 g/mol. The van der Waals surface area contributed by atoms with Crippen molar-refractivity contribution in [2.24, 2.45) is 5.73 Å². The smallest absolute Gasteiger partial charge is 0.397 e. The van der Waals surface area contributed by atoms with Gasteiger partial charge < -0.3 is 10.6 Å². The molecule has 174 valence electrons. The molecule has 3 N–H and O–H groups in total. The number of allylic oxidation sites excluding steroid dienone is 1. The topological polar surface area (TPSA) is 66.0 Å². The largest absolute Gasteiger partial charge is 0.432 e. The minimum Gasteiger partial charge on any atom is -0.397 e. The molecule has 1 heterocycles. The third-order valence-corrected chi connectivity index (χ3v) is 5.24. The predicted octanol–water partition coefficient (Wildman–Crippen LogP) is 6.98. The number of halogens is 3. The van der Waals surface area contributed by atoms with Crippen molar-refractivity contribution in [2.45, 2.75) is 65.0 Å². The standard InChI is InChI=1S/C25H33F3N4/c1-5-6-7-8-15-32(19-11-9-18(10-12-19)24(2,3)4)20-13-14-31-22(16-20)21(29)17-23(30)25(26,27)28/h9-14,16-17,30H,5-8,15,29H2,1-4H3/b21-17-,30-23?. The van der Waals surface area contributed by atoms with E-state index in [1.165, 1.54) is 11.8 Å². The predicted molar refractivity (Wildman–Crippen MR) is 126 cm³/mol. The Kier molecular flexibility index (Phi) is 8.47. The number of nitrogens with two attached hydrogens (primary N) is 1. The zero-order valence-electron chi connectivity index (χ0n) is 19.3. The zero-order chi connectivity index (χ0) is 23.9. The molecule has 0 radical (unpaired) electrons. The van der Waals surface area contributed by atoms with Crippen LogP contribution in [0.4, 0.5) is 24.5 Å². The molecule has 0 aliphatic rings. The van der Waals surface area contributed by atoms with Crippen LogP contribution in [0.3, 0.4) is 0 Å². The van der Waals surface area contributed by atoms with Gasteiger partial charge in [-0.1, -0.05) is 59.1 Å². The minimum absolute atomic E-state index is 0.0382. The van der Waals surface area contributed by atoms with Gasteiger partial charge in [0.25, 0.3) is 0 Å². The molecule has 0 fully saturated rings. The molecule has 4 nitrogen and oxygen atoms in total. The molecule has 2 rings (SSSR count). The Morgan fingerprint density at radius 2 is 1.69 bits per heavy atom. The van der Waals surface area contributed by atoms with Gasteiger partial charge in [0.2, 0.25) is 0 Å². The summed E-state index contributed by atoms with van der Waals surface area (Å²) in [5, 5.41) is 7.17. The molecule has 0 spiro atoms. The van der Waals surface area contributed by atoms with Crippen molar-refractivity contribution >= 4 is 22.8 Å². The lowest BCUT2D eigenvalue weighted by atomic mass is 9.87.